The second kappa shape index (κ2) is 13.0. The van der Waals surface area contributed by atoms with Crippen molar-refractivity contribution in [2.75, 3.05) is 0 Å². The van der Waals surface area contributed by atoms with Crippen LogP contribution in [-0.4, -0.2) is 0 Å². The Kier molecular flexibility index (Phi) is 7.94. The van der Waals surface area contributed by atoms with Crippen LogP contribution in [0.4, 0.5) is 0 Å². The molecule has 244 valence electrons. The van der Waals surface area contributed by atoms with E-state index >= 15 is 0 Å². The highest BCUT2D eigenvalue weighted by atomic mass is 14.2. The minimum absolute atomic E-state index is 1.05. The number of fused-ring (bicyclic) bond motifs is 5. The molecule has 0 saturated carbocycles. The van der Waals surface area contributed by atoms with Crippen LogP contribution < -0.4 is 0 Å². The first kappa shape index (κ1) is 31.0. The number of hydrogen-bond donors (Lipinski definition) is 0. The Morgan fingerprint density at radius 2 is 1.08 bits per heavy atom. The van der Waals surface area contributed by atoms with Crippen LogP contribution in [0.2, 0.25) is 0 Å². The minimum Gasteiger partial charge on any atom is -0.0842 e. The molecule has 8 aromatic rings. The summed E-state index contributed by atoms with van der Waals surface area (Å²) in [6.45, 7) is 4.48. The quantitative estimate of drug-likeness (QED) is 0.157. The smallest absolute Gasteiger partial charge is 0.00990 e. The van der Waals surface area contributed by atoms with Gasteiger partial charge in [0, 0.05) is 0 Å². The highest BCUT2D eigenvalue weighted by molar-refractivity contribution is 6.13. The van der Waals surface area contributed by atoms with Gasteiger partial charge >= 0.3 is 0 Å². The Morgan fingerprint density at radius 1 is 0.510 bits per heavy atom. The molecule has 0 N–H and O–H groups in total. The van der Waals surface area contributed by atoms with Crippen molar-refractivity contribution in [3.8, 4) is 44.5 Å². The number of rotatable bonds is 6. The molecule has 0 fully saturated rings. The molecule has 0 bridgehead atoms. The van der Waals surface area contributed by atoms with Crippen LogP contribution in [0.25, 0.3) is 89.0 Å². The third-order valence-corrected chi connectivity index (χ3v) is 10.8. The van der Waals surface area contributed by atoms with E-state index in [1.807, 2.05) is 0 Å². The first-order valence-corrected chi connectivity index (χ1v) is 18.3. The molecule has 0 amide bonds. The third kappa shape index (κ3) is 5.68. The van der Waals surface area contributed by atoms with Crippen LogP contribution in [0.5, 0.6) is 0 Å². The van der Waals surface area contributed by atoms with Gasteiger partial charge in [-0.15, -0.1) is 0 Å². The first-order valence-electron chi connectivity index (χ1n) is 18.3. The lowest BCUT2D eigenvalue weighted by molar-refractivity contribution is 0.970. The van der Waals surface area contributed by atoms with E-state index in [1.54, 1.807) is 0 Å². The van der Waals surface area contributed by atoms with Crippen LogP contribution in [-0.2, 0) is 6.42 Å². The lowest BCUT2D eigenvalue weighted by atomic mass is 9.84. The summed E-state index contributed by atoms with van der Waals surface area (Å²) in [5.41, 5.74) is 15.7. The SMILES string of the molecule is CC/C=C\c1cc(-c2ccc(-c3ccc4cc(-c5ccc(-c6cc7ccccc7c7ccccc67)cc5)ccc4c3)cc2)c2c(c1C)CCC=C2. The number of benzene rings is 8. The van der Waals surface area contributed by atoms with Crippen molar-refractivity contribution in [2.45, 2.75) is 33.1 Å². The summed E-state index contributed by atoms with van der Waals surface area (Å²) in [7, 11) is 0. The standard InChI is InChI=1S/C51H40/c1-3-4-11-39-32-50(47-15-8-7-13-45(47)34(39)2)37-22-18-35(19-23-37)40-26-28-43-31-41(27-29-42(43)30-40)36-20-24-38(25-21-36)51-33-44-12-5-6-14-46(44)48-16-9-10-17-49(48)51/h4-6,8-12,14-33H,3,7,13H2,1-2H3/b11-4-. The molecule has 8 aromatic carbocycles. The Balaban J connectivity index is 0.998. The fourth-order valence-corrected chi connectivity index (χ4v) is 8.06. The fraction of sp³-hybridized carbons (Fsp3) is 0.0980. The van der Waals surface area contributed by atoms with Crippen molar-refractivity contribution in [3.63, 3.8) is 0 Å². The van der Waals surface area contributed by atoms with E-state index in [1.165, 1.54) is 99.1 Å². The Bertz CT molecular complexity index is 2650. The molecule has 0 saturated heterocycles. The lowest BCUT2D eigenvalue weighted by Gasteiger charge is -2.20. The van der Waals surface area contributed by atoms with E-state index in [4.69, 9.17) is 0 Å². The topological polar surface area (TPSA) is 0 Å². The summed E-state index contributed by atoms with van der Waals surface area (Å²) < 4.78 is 0. The molecule has 0 radical (unpaired) electrons. The lowest BCUT2D eigenvalue weighted by Crippen LogP contribution is -2.02. The van der Waals surface area contributed by atoms with Crippen LogP contribution in [0.15, 0.2) is 158 Å². The third-order valence-electron chi connectivity index (χ3n) is 10.8. The van der Waals surface area contributed by atoms with Crippen molar-refractivity contribution in [2.24, 2.45) is 0 Å². The van der Waals surface area contributed by atoms with Gasteiger partial charge in [-0.3, -0.25) is 0 Å². The van der Waals surface area contributed by atoms with Crippen molar-refractivity contribution in [1.29, 1.82) is 0 Å². The molecule has 51 heavy (non-hydrogen) atoms. The van der Waals surface area contributed by atoms with Gasteiger partial charge in [-0.25, -0.2) is 0 Å². The zero-order chi connectivity index (χ0) is 34.3. The van der Waals surface area contributed by atoms with E-state index < -0.39 is 0 Å². The maximum atomic E-state index is 2.39. The zero-order valence-corrected chi connectivity index (χ0v) is 29.3. The highest BCUT2D eigenvalue weighted by Gasteiger charge is 2.16. The molecule has 0 aromatic heterocycles. The highest BCUT2D eigenvalue weighted by Crippen LogP contribution is 2.38. The summed E-state index contributed by atoms with van der Waals surface area (Å²) >= 11 is 0. The average molecular weight is 653 g/mol. The molecular formula is C51H40. The van der Waals surface area contributed by atoms with E-state index in [9.17, 15) is 0 Å². The molecule has 0 heteroatoms. The van der Waals surface area contributed by atoms with E-state index in [0.29, 0.717) is 0 Å². The average Bonchev–Trinajstić information content (AvgIpc) is 3.20. The molecule has 0 spiro atoms. The minimum atomic E-state index is 1.05. The molecule has 0 unspecified atom stereocenters. The Hall–Kier alpha value is -5.98. The van der Waals surface area contributed by atoms with Crippen LogP contribution in [0.1, 0.15) is 42.0 Å². The summed E-state index contributed by atoms with van der Waals surface area (Å²) in [4.78, 5) is 0. The predicted octanol–water partition coefficient (Wildman–Crippen LogP) is 14.5. The van der Waals surface area contributed by atoms with Gasteiger partial charge in [0.25, 0.3) is 0 Å². The van der Waals surface area contributed by atoms with Crippen LogP contribution in [0, 0.1) is 6.92 Å². The van der Waals surface area contributed by atoms with Gasteiger partial charge in [-0.05, 0) is 150 Å². The molecule has 0 atom stereocenters. The second-order valence-corrected chi connectivity index (χ2v) is 13.9. The maximum Gasteiger partial charge on any atom is -0.00990 e. The van der Waals surface area contributed by atoms with E-state index in [0.717, 1.165) is 19.3 Å². The molecule has 0 aliphatic heterocycles. The fourth-order valence-electron chi connectivity index (χ4n) is 8.06. The van der Waals surface area contributed by atoms with Crippen LogP contribution in [0.3, 0.4) is 0 Å². The first-order chi connectivity index (χ1) is 25.1. The van der Waals surface area contributed by atoms with E-state index in [2.05, 4.69) is 184 Å². The van der Waals surface area contributed by atoms with Crippen LogP contribution >= 0.6 is 0 Å². The number of allylic oxidation sites excluding steroid dienone is 2. The summed E-state index contributed by atoms with van der Waals surface area (Å²) in [5.74, 6) is 0. The van der Waals surface area contributed by atoms with Gasteiger partial charge < -0.3 is 0 Å². The Labute approximate surface area is 301 Å². The van der Waals surface area contributed by atoms with Gasteiger partial charge in [-0.1, -0.05) is 153 Å². The molecule has 0 heterocycles. The monoisotopic (exact) mass is 652 g/mol. The zero-order valence-electron chi connectivity index (χ0n) is 29.3. The molecule has 1 aliphatic rings. The van der Waals surface area contributed by atoms with Crippen molar-refractivity contribution >= 4 is 44.5 Å². The number of hydrogen-bond acceptors (Lipinski definition) is 0. The van der Waals surface area contributed by atoms with Crippen molar-refractivity contribution < 1.29 is 0 Å². The normalized spacial score (nSPS) is 12.7. The van der Waals surface area contributed by atoms with Crippen molar-refractivity contribution in [3.05, 3.63) is 180 Å². The molecular weight excluding hydrogens is 613 g/mol. The van der Waals surface area contributed by atoms with E-state index in [-0.39, 0.29) is 0 Å². The molecule has 9 rings (SSSR count). The summed E-state index contributed by atoms with van der Waals surface area (Å²) in [6, 6.07) is 54.1. The largest absolute Gasteiger partial charge is 0.0842 e. The Morgan fingerprint density at radius 3 is 1.75 bits per heavy atom. The maximum absolute atomic E-state index is 2.39. The molecule has 0 nitrogen and oxygen atoms in total. The van der Waals surface area contributed by atoms with Crippen molar-refractivity contribution in [1.82, 2.24) is 0 Å². The van der Waals surface area contributed by atoms with Gasteiger partial charge in [0.05, 0.1) is 0 Å². The van der Waals surface area contributed by atoms with Gasteiger partial charge in [0.1, 0.15) is 0 Å². The van der Waals surface area contributed by atoms with Gasteiger partial charge in [0.2, 0.25) is 0 Å². The molecule has 1 aliphatic carbocycles. The predicted molar refractivity (Wildman–Crippen MR) is 222 cm³/mol. The second-order valence-electron chi connectivity index (χ2n) is 13.9. The summed E-state index contributed by atoms with van der Waals surface area (Å²) in [5, 5.41) is 7.68. The van der Waals surface area contributed by atoms with Gasteiger partial charge in [0.15, 0.2) is 0 Å². The summed E-state index contributed by atoms with van der Waals surface area (Å²) in [6.07, 6.45) is 12.5. The van der Waals surface area contributed by atoms with Gasteiger partial charge in [-0.2, -0.15) is 0 Å².